The van der Waals surface area contributed by atoms with Gasteiger partial charge in [0.05, 0.1) is 16.1 Å². The fourth-order valence-corrected chi connectivity index (χ4v) is 3.38. The maximum atomic E-state index is 15.0. The van der Waals surface area contributed by atoms with Crippen LogP contribution in [0.25, 0.3) is 11.0 Å². The van der Waals surface area contributed by atoms with Crippen molar-refractivity contribution in [3.63, 3.8) is 0 Å². The predicted octanol–water partition coefficient (Wildman–Crippen LogP) is 4.90. The molecule has 6 N–H and O–H groups in total. The lowest BCUT2D eigenvalue weighted by molar-refractivity contribution is 0.0941. The third-order valence-corrected chi connectivity index (χ3v) is 4.92. The molecule has 31 heavy (non-hydrogen) atoms. The van der Waals surface area contributed by atoms with Crippen molar-refractivity contribution in [3.8, 4) is 11.5 Å². The van der Waals surface area contributed by atoms with Crippen molar-refractivity contribution < 1.29 is 13.9 Å². The lowest BCUT2D eigenvalue weighted by atomic mass is 10.2. The Kier molecular flexibility index (Phi) is 5.58. The van der Waals surface area contributed by atoms with Crippen LogP contribution in [0.3, 0.4) is 0 Å². The van der Waals surface area contributed by atoms with E-state index in [4.69, 9.17) is 39.4 Å². The Hall–Kier alpha value is -3.49. The molecular weight excluding hydrogens is 444 g/mol. The molecule has 10 heteroatoms. The van der Waals surface area contributed by atoms with Crippen LogP contribution in [0, 0.1) is 5.82 Å². The van der Waals surface area contributed by atoms with Gasteiger partial charge in [0.2, 0.25) is 0 Å². The van der Waals surface area contributed by atoms with E-state index in [1.807, 2.05) is 0 Å². The number of nitrogens with two attached hydrogens (primary N) is 2. The van der Waals surface area contributed by atoms with Gasteiger partial charge in [-0.1, -0.05) is 29.3 Å². The summed E-state index contributed by atoms with van der Waals surface area (Å²) in [6.07, 6.45) is 0. The van der Waals surface area contributed by atoms with Crippen LogP contribution < -0.4 is 21.5 Å². The maximum absolute atomic E-state index is 15.0. The number of ether oxygens (including phenoxy) is 1. The molecule has 1 amide bonds. The zero-order valence-electron chi connectivity index (χ0n) is 15.9. The highest BCUT2D eigenvalue weighted by Gasteiger charge is 2.17. The Morgan fingerprint density at radius 1 is 1.10 bits per heavy atom. The number of amides is 1. The monoisotopic (exact) mass is 459 g/mol. The van der Waals surface area contributed by atoms with E-state index >= 15 is 4.39 Å². The van der Waals surface area contributed by atoms with E-state index in [2.05, 4.69) is 15.3 Å². The molecule has 4 aromatic rings. The van der Waals surface area contributed by atoms with Crippen molar-refractivity contribution in [3.05, 3.63) is 75.8 Å². The first kappa shape index (κ1) is 20.8. The maximum Gasteiger partial charge on any atom is 0.287 e. The summed E-state index contributed by atoms with van der Waals surface area (Å²) in [4.78, 5) is 19.5. The lowest BCUT2D eigenvalue weighted by Gasteiger charge is -2.13. The van der Waals surface area contributed by atoms with Crippen molar-refractivity contribution in [2.75, 3.05) is 11.5 Å². The van der Waals surface area contributed by atoms with E-state index in [1.54, 1.807) is 18.2 Å². The number of nitrogens with one attached hydrogen (secondary N) is 2. The van der Waals surface area contributed by atoms with Gasteiger partial charge in [-0.05, 0) is 36.4 Å². The van der Waals surface area contributed by atoms with Gasteiger partial charge in [-0.2, -0.15) is 0 Å². The van der Waals surface area contributed by atoms with Gasteiger partial charge in [-0.25, -0.2) is 9.37 Å². The second-order valence-electron chi connectivity index (χ2n) is 6.72. The molecule has 0 atom stereocenters. The molecule has 4 rings (SSSR count). The van der Waals surface area contributed by atoms with Crippen molar-refractivity contribution in [1.82, 2.24) is 15.3 Å². The topological polar surface area (TPSA) is 119 Å². The molecule has 3 aromatic carbocycles. The minimum atomic E-state index is -0.719. The van der Waals surface area contributed by atoms with Gasteiger partial charge in [0, 0.05) is 34.6 Å². The molecule has 0 aliphatic carbocycles. The first-order chi connectivity index (χ1) is 14.8. The number of hydrogen-bond donors (Lipinski definition) is 4. The number of aromatic nitrogens is 2. The van der Waals surface area contributed by atoms with E-state index in [9.17, 15) is 4.79 Å². The fraction of sp³-hybridized carbons (Fsp3) is 0.0476. The summed E-state index contributed by atoms with van der Waals surface area (Å²) in [6, 6.07) is 12.5. The van der Waals surface area contributed by atoms with Gasteiger partial charge in [0.25, 0.3) is 5.91 Å². The molecule has 1 heterocycles. The summed E-state index contributed by atoms with van der Waals surface area (Å²) in [6.45, 7) is -0.116. The average molecular weight is 460 g/mol. The van der Waals surface area contributed by atoms with Gasteiger partial charge in [0.1, 0.15) is 5.75 Å². The Morgan fingerprint density at radius 2 is 1.90 bits per heavy atom. The second-order valence-corrected chi connectivity index (χ2v) is 7.56. The first-order valence-electron chi connectivity index (χ1n) is 9.04. The van der Waals surface area contributed by atoms with E-state index in [0.717, 1.165) is 0 Å². The number of fused-ring (bicyclic) bond motifs is 1. The summed E-state index contributed by atoms with van der Waals surface area (Å²) < 4.78 is 20.6. The van der Waals surface area contributed by atoms with Gasteiger partial charge in [0.15, 0.2) is 17.4 Å². The molecular formula is C21H16Cl2FN5O2. The van der Waals surface area contributed by atoms with Crippen LogP contribution in [0.2, 0.25) is 10.0 Å². The van der Waals surface area contributed by atoms with Gasteiger partial charge in [-0.15, -0.1) is 0 Å². The highest BCUT2D eigenvalue weighted by molar-refractivity contribution is 6.32. The Labute approximate surface area is 186 Å². The molecule has 0 aliphatic heterocycles. The molecule has 0 saturated carbocycles. The van der Waals surface area contributed by atoms with Crippen LogP contribution in [0.5, 0.6) is 11.5 Å². The summed E-state index contributed by atoms with van der Waals surface area (Å²) >= 11 is 12.1. The molecule has 158 valence electrons. The Morgan fingerprint density at radius 3 is 2.68 bits per heavy atom. The number of nitrogen functional groups attached to an aromatic ring is 2. The predicted molar refractivity (Wildman–Crippen MR) is 119 cm³/mol. The molecule has 0 bridgehead atoms. The van der Waals surface area contributed by atoms with Crippen LogP contribution >= 0.6 is 23.2 Å². The van der Waals surface area contributed by atoms with Gasteiger partial charge in [-0.3, -0.25) is 4.79 Å². The number of nitrogens with zero attached hydrogens (tertiary/aromatic N) is 1. The highest BCUT2D eigenvalue weighted by Crippen LogP contribution is 2.35. The van der Waals surface area contributed by atoms with E-state index in [0.29, 0.717) is 27.4 Å². The number of halogens is 3. The number of carbonyl (C=O) groups is 1. The van der Waals surface area contributed by atoms with Crippen LogP contribution in [0.4, 0.5) is 15.8 Å². The summed E-state index contributed by atoms with van der Waals surface area (Å²) in [5.41, 5.74) is 13.8. The molecule has 1 aromatic heterocycles. The molecule has 0 spiro atoms. The SMILES string of the molecule is Nc1cc(Cl)cc(Oc2c(Cl)ccc(CNC(=O)c3nc4ccc(N)cc4[nH]3)c2F)c1. The number of hydrogen-bond acceptors (Lipinski definition) is 5. The Balaban J connectivity index is 1.53. The smallest absolute Gasteiger partial charge is 0.287 e. The molecule has 0 unspecified atom stereocenters. The van der Waals surface area contributed by atoms with Gasteiger partial charge >= 0.3 is 0 Å². The van der Waals surface area contributed by atoms with Crippen molar-refractivity contribution in [2.24, 2.45) is 0 Å². The zero-order valence-corrected chi connectivity index (χ0v) is 17.4. The van der Waals surface area contributed by atoms with Crippen LogP contribution in [-0.2, 0) is 6.54 Å². The molecule has 0 aliphatic rings. The highest BCUT2D eigenvalue weighted by atomic mass is 35.5. The van der Waals surface area contributed by atoms with Crippen molar-refractivity contribution in [1.29, 1.82) is 0 Å². The van der Waals surface area contributed by atoms with E-state index < -0.39 is 11.7 Å². The van der Waals surface area contributed by atoms with Crippen molar-refractivity contribution in [2.45, 2.75) is 6.54 Å². The summed E-state index contributed by atoms with van der Waals surface area (Å²) in [5, 5.41) is 3.01. The minimum absolute atomic E-state index is 0.0565. The minimum Gasteiger partial charge on any atom is -0.453 e. The number of aromatic amines is 1. The van der Waals surface area contributed by atoms with Gasteiger partial charge < -0.3 is 26.5 Å². The normalized spacial score (nSPS) is 10.9. The summed E-state index contributed by atoms with van der Waals surface area (Å²) in [7, 11) is 0. The number of H-pyrrole nitrogens is 1. The third kappa shape index (κ3) is 4.50. The lowest BCUT2D eigenvalue weighted by Crippen LogP contribution is -2.24. The van der Waals surface area contributed by atoms with Crippen LogP contribution in [-0.4, -0.2) is 15.9 Å². The zero-order chi connectivity index (χ0) is 22.1. The molecule has 7 nitrogen and oxygen atoms in total. The molecule has 0 fully saturated rings. The number of imidazole rings is 1. The number of benzene rings is 3. The fourth-order valence-electron chi connectivity index (χ4n) is 2.96. The second kappa shape index (κ2) is 8.33. The van der Waals surface area contributed by atoms with Crippen molar-refractivity contribution >= 4 is 51.5 Å². The molecule has 0 saturated heterocycles. The third-order valence-electron chi connectivity index (χ3n) is 4.40. The van der Waals surface area contributed by atoms with Crippen LogP contribution in [0.1, 0.15) is 16.2 Å². The standard InChI is InChI=1S/C21H16Cl2FN5O2/c22-11-5-13(26)7-14(6-11)31-19-15(23)3-1-10(18(19)24)9-27-21(30)20-28-16-4-2-12(25)8-17(16)29-20/h1-8H,9,25-26H2,(H,27,30)(H,28,29). The molecule has 0 radical (unpaired) electrons. The Bertz CT molecular complexity index is 1290. The number of rotatable bonds is 5. The largest absolute Gasteiger partial charge is 0.453 e. The number of carbonyl (C=O) groups excluding carboxylic acids is 1. The average Bonchev–Trinajstić information content (AvgIpc) is 3.13. The first-order valence-corrected chi connectivity index (χ1v) is 9.80. The van der Waals surface area contributed by atoms with E-state index in [1.165, 1.54) is 30.3 Å². The number of anilines is 2. The van der Waals surface area contributed by atoms with Crippen LogP contribution in [0.15, 0.2) is 48.5 Å². The summed E-state index contributed by atoms with van der Waals surface area (Å²) in [5.74, 6) is -1.11. The van der Waals surface area contributed by atoms with E-state index in [-0.39, 0.29) is 34.5 Å². The quantitative estimate of drug-likeness (QED) is 0.316.